The molecular formula is C14H16N4O2. The van der Waals surface area contributed by atoms with Crippen molar-refractivity contribution in [2.45, 2.75) is 19.7 Å². The van der Waals surface area contributed by atoms with Gasteiger partial charge in [0.05, 0.1) is 30.9 Å². The number of carbonyl (C=O) groups excluding carboxylic acids is 1. The first kappa shape index (κ1) is 12.8. The van der Waals surface area contributed by atoms with Gasteiger partial charge in [-0.1, -0.05) is 0 Å². The van der Waals surface area contributed by atoms with Gasteiger partial charge in [-0.15, -0.1) is 0 Å². The molecule has 1 aliphatic heterocycles. The van der Waals surface area contributed by atoms with Gasteiger partial charge in [0.1, 0.15) is 0 Å². The van der Waals surface area contributed by atoms with Crippen molar-refractivity contribution in [3.63, 3.8) is 0 Å². The van der Waals surface area contributed by atoms with E-state index in [1.165, 1.54) is 0 Å². The van der Waals surface area contributed by atoms with E-state index in [9.17, 15) is 4.79 Å². The van der Waals surface area contributed by atoms with Crippen molar-refractivity contribution in [1.29, 1.82) is 0 Å². The summed E-state index contributed by atoms with van der Waals surface area (Å²) in [4.78, 5) is 22.6. The molecule has 2 aromatic heterocycles. The van der Waals surface area contributed by atoms with E-state index in [0.29, 0.717) is 25.3 Å². The van der Waals surface area contributed by atoms with Crippen LogP contribution in [0.3, 0.4) is 0 Å². The Labute approximate surface area is 117 Å². The van der Waals surface area contributed by atoms with Gasteiger partial charge in [0, 0.05) is 38.2 Å². The number of hydrogen-bond donors (Lipinski definition) is 0. The maximum atomic E-state index is 12.4. The molecule has 0 N–H and O–H groups in total. The Kier molecular flexibility index (Phi) is 3.47. The number of ether oxygens (including phenoxy) is 1. The van der Waals surface area contributed by atoms with Crippen molar-refractivity contribution in [3.05, 3.63) is 47.8 Å². The molecule has 0 radical (unpaired) electrons. The zero-order valence-electron chi connectivity index (χ0n) is 11.3. The minimum absolute atomic E-state index is 0.0308. The summed E-state index contributed by atoms with van der Waals surface area (Å²) in [5, 5.41) is 0. The average molecular weight is 272 g/mol. The summed E-state index contributed by atoms with van der Waals surface area (Å²) in [6, 6.07) is 3.48. The lowest BCUT2D eigenvalue weighted by atomic mass is 10.2. The van der Waals surface area contributed by atoms with Gasteiger partial charge < -0.3 is 14.2 Å². The average Bonchev–Trinajstić information content (AvgIpc) is 2.90. The molecule has 0 fully saturated rings. The summed E-state index contributed by atoms with van der Waals surface area (Å²) in [6.45, 7) is 2.50. The first-order valence-corrected chi connectivity index (χ1v) is 6.50. The fraction of sp³-hybridized carbons (Fsp3) is 0.357. The Morgan fingerprint density at radius 2 is 2.15 bits per heavy atom. The van der Waals surface area contributed by atoms with Gasteiger partial charge in [0.25, 0.3) is 5.91 Å². The molecule has 104 valence electrons. The topological polar surface area (TPSA) is 60.2 Å². The second-order valence-electron chi connectivity index (χ2n) is 4.73. The van der Waals surface area contributed by atoms with Gasteiger partial charge in [-0.3, -0.25) is 9.78 Å². The minimum atomic E-state index is 0.0308. The van der Waals surface area contributed by atoms with Gasteiger partial charge in [0.15, 0.2) is 0 Å². The lowest BCUT2D eigenvalue weighted by Crippen LogP contribution is -2.38. The molecule has 2 aromatic rings. The van der Waals surface area contributed by atoms with Crippen LogP contribution in [0.4, 0.5) is 0 Å². The Hall–Kier alpha value is -2.21. The summed E-state index contributed by atoms with van der Waals surface area (Å²) >= 11 is 0. The smallest absolute Gasteiger partial charge is 0.254 e. The van der Waals surface area contributed by atoms with Crippen LogP contribution in [0.15, 0.2) is 30.9 Å². The Balaban J connectivity index is 1.81. The number of hydrogen-bond acceptors (Lipinski definition) is 4. The third kappa shape index (κ3) is 2.30. The van der Waals surface area contributed by atoms with Gasteiger partial charge >= 0.3 is 0 Å². The molecule has 0 aromatic carbocycles. The van der Waals surface area contributed by atoms with Crippen LogP contribution in [0.2, 0.25) is 0 Å². The lowest BCUT2D eigenvalue weighted by Gasteiger charge is -2.28. The molecular weight excluding hydrogens is 256 g/mol. The van der Waals surface area contributed by atoms with Crippen LogP contribution in [0.1, 0.15) is 21.7 Å². The molecule has 1 aliphatic rings. The summed E-state index contributed by atoms with van der Waals surface area (Å²) in [7, 11) is 1.65. The van der Waals surface area contributed by atoms with E-state index >= 15 is 0 Å². The van der Waals surface area contributed by atoms with Crippen LogP contribution in [0.5, 0.6) is 0 Å². The highest BCUT2D eigenvalue weighted by molar-refractivity contribution is 5.94. The van der Waals surface area contributed by atoms with Gasteiger partial charge in [0.2, 0.25) is 0 Å². The Morgan fingerprint density at radius 3 is 2.90 bits per heavy atom. The van der Waals surface area contributed by atoms with Crippen LogP contribution in [0, 0.1) is 0 Å². The number of methoxy groups -OCH3 is 1. The van der Waals surface area contributed by atoms with Gasteiger partial charge in [-0.25, -0.2) is 4.98 Å². The first-order chi connectivity index (χ1) is 9.79. The molecule has 6 nitrogen and oxygen atoms in total. The third-order valence-corrected chi connectivity index (χ3v) is 3.48. The van der Waals surface area contributed by atoms with E-state index in [1.54, 1.807) is 31.6 Å². The molecule has 1 amide bonds. The predicted octanol–water partition coefficient (Wildman–Crippen LogP) is 1.08. The molecule has 20 heavy (non-hydrogen) atoms. The number of amides is 1. The van der Waals surface area contributed by atoms with Gasteiger partial charge in [-0.05, 0) is 12.1 Å². The fourth-order valence-corrected chi connectivity index (χ4v) is 2.42. The Morgan fingerprint density at radius 1 is 1.35 bits per heavy atom. The van der Waals surface area contributed by atoms with Crippen LogP contribution in [-0.2, 0) is 24.4 Å². The molecule has 0 aliphatic carbocycles. The quantitative estimate of drug-likeness (QED) is 0.839. The monoisotopic (exact) mass is 272 g/mol. The molecule has 0 bridgehead atoms. The number of imidazole rings is 1. The predicted molar refractivity (Wildman–Crippen MR) is 71.9 cm³/mol. The van der Waals surface area contributed by atoms with E-state index in [2.05, 4.69) is 14.5 Å². The number of rotatable bonds is 3. The van der Waals surface area contributed by atoms with Crippen molar-refractivity contribution in [1.82, 2.24) is 19.4 Å². The molecule has 0 unspecified atom stereocenters. The minimum Gasteiger partial charge on any atom is -0.378 e. The molecule has 0 saturated carbocycles. The van der Waals surface area contributed by atoms with Crippen LogP contribution >= 0.6 is 0 Å². The number of nitrogens with zero attached hydrogens (tertiary/aromatic N) is 4. The summed E-state index contributed by atoms with van der Waals surface area (Å²) in [5.41, 5.74) is 2.63. The highest BCUT2D eigenvalue weighted by Crippen LogP contribution is 2.18. The lowest BCUT2D eigenvalue weighted by molar-refractivity contribution is 0.0708. The van der Waals surface area contributed by atoms with E-state index < -0.39 is 0 Å². The first-order valence-electron chi connectivity index (χ1n) is 6.50. The zero-order chi connectivity index (χ0) is 13.9. The maximum absolute atomic E-state index is 12.4. The normalized spacial score (nSPS) is 14.2. The van der Waals surface area contributed by atoms with Crippen LogP contribution in [0.25, 0.3) is 0 Å². The van der Waals surface area contributed by atoms with Crippen LogP contribution in [-0.4, -0.2) is 39.0 Å². The summed E-state index contributed by atoms with van der Waals surface area (Å²) < 4.78 is 7.23. The van der Waals surface area contributed by atoms with Crippen molar-refractivity contribution in [2.75, 3.05) is 13.7 Å². The summed E-state index contributed by atoms with van der Waals surface area (Å²) in [6.07, 6.45) is 5.09. The fourth-order valence-electron chi connectivity index (χ4n) is 2.42. The highest BCUT2D eigenvalue weighted by atomic mass is 16.5. The van der Waals surface area contributed by atoms with E-state index in [4.69, 9.17) is 4.74 Å². The molecule has 6 heteroatoms. The Bertz CT molecular complexity index is 609. The zero-order valence-corrected chi connectivity index (χ0v) is 11.3. The second kappa shape index (κ2) is 5.42. The van der Waals surface area contributed by atoms with Crippen molar-refractivity contribution in [2.24, 2.45) is 0 Å². The van der Waals surface area contributed by atoms with Crippen LogP contribution < -0.4 is 0 Å². The molecule has 0 atom stereocenters. The highest BCUT2D eigenvalue weighted by Gasteiger charge is 2.24. The number of pyridine rings is 1. The van der Waals surface area contributed by atoms with Crippen molar-refractivity contribution >= 4 is 5.91 Å². The molecule has 0 saturated heterocycles. The van der Waals surface area contributed by atoms with E-state index in [1.807, 2.05) is 11.2 Å². The number of carbonyl (C=O) groups is 1. The van der Waals surface area contributed by atoms with E-state index in [0.717, 1.165) is 17.9 Å². The summed E-state index contributed by atoms with van der Waals surface area (Å²) in [5.74, 6) is 0.0308. The van der Waals surface area contributed by atoms with Gasteiger partial charge in [-0.2, -0.15) is 0 Å². The largest absolute Gasteiger partial charge is 0.378 e. The number of fused-ring (bicyclic) bond motifs is 1. The molecule has 3 rings (SSSR count). The van der Waals surface area contributed by atoms with E-state index in [-0.39, 0.29) is 5.91 Å². The maximum Gasteiger partial charge on any atom is 0.254 e. The van der Waals surface area contributed by atoms with Crippen molar-refractivity contribution in [3.8, 4) is 0 Å². The number of aromatic nitrogens is 3. The standard InChI is InChI=1S/C14H16N4O2/c1-20-9-12-13-8-17(6-7-18(13)10-16-12)14(19)11-2-4-15-5-3-11/h2-5,10H,6-9H2,1H3. The second-order valence-corrected chi connectivity index (χ2v) is 4.73. The molecule has 0 spiro atoms. The van der Waals surface area contributed by atoms with Crippen molar-refractivity contribution < 1.29 is 9.53 Å². The molecule has 3 heterocycles. The third-order valence-electron chi connectivity index (χ3n) is 3.48. The SMILES string of the molecule is COCc1ncn2c1CN(C(=O)c1ccncc1)CC2.